The zero-order valence-electron chi connectivity index (χ0n) is 18.2. The lowest BCUT2D eigenvalue weighted by Gasteiger charge is -2.48. The Morgan fingerprint density at radius 1 is 1.41 bits per heavy atom. The first kappa shape index (κ1) is 25.7. The molecule has 2 aliphatic heterocycles. The first-order chi connectivity index (χ1) is 16.1. The summed E-state index contributed by atoms with van der Waals surface area (Å²) < 4.78 is 15.6. The summed E-state index contributed by atoms with van der Waals surface area (Å²) in [6.07, 6.45) is -6.90. The molecule has 2 saturated heterocycles. The average Bonchev–Trinajstić information content (AvgIpc) is 3.27. The van der Waals surface area contributed by atoms with Crippen molar-refractivity contribution in [2.24, 2.45) is 4.99 Å². The molecule has 0 aromatic carbocycles. The first-order valence-electron chi connectivity index (χ1n) is 10.4. The topological polar surface area (TPSA) is 234 Å². The Morgan fingerprint density at radius 3 is 2.68 bits per heavy atom. The quantitative estimate of drug-likeness (QED) is 0.114. The lowest BCUT2D eigenvalue weighted by molar-refractivity contribution is -0.759. The summed E-state index contributed by atoms with van der Waals surface area (Å²) in [6.45, 7) is 2.01. The molecule has 3 rings (SSSR count). The van der Waals surface area contributed by atoms with Crippen LogP contribution in [0.3, 0.4) is 0 Å². The van der Waals surface area contributed by atoms with Crippen molar-refractivity contribution in [2.75, 3.05) is 37.9 Å². The van der Waals surface area contributed by atoms with Gasteiger partial charge in [0.2, 0.25) is 11.2 Å². The molecule has 1 aromatic rings. The highest BCUT2D eigenvalue weighted by molar-refractivity contribution is 6.04. The van der Waals surface area contributed by atoms with Gasteiger partial charge in [-0.25, -0.2) is 9.79 Å². The van der Waals surface area contributed by atoms with Crippen LogP contribution in [0, 0.1) is 0 Å². The van der Waals surface area contributed by atoms with Gasteiger partial charge in [0.15, 0.2) is 5.60 Å². The van der Waals surface area contributed by atoms with Crippen LogP contribution in [0.25, 0.3) is 0 Å². The fraction of sp³-hybridized carbons (Fsp3) is 0.722. The fourth-order valence-corrected chi connectivity index (χ4v) is 3.74. The van der Waals surface area contributed by atoms with Crippen LogP contribution in [0.2, 0.25) is 0 Å². The highest BCUT2D eigenvalue weighted by Crippen LogP contribution is 2.33. The average molecular weight is 489 g/mol. The summed E-state index contributed by atoms with van der Waals surface area (Å²) in [5, 5.41) is 70.6. The van der Waals surface area contributed by atoms with Crippen LogP contribution in [0.5, 0.6) is 0 Å². The second kappa shape index (κ2) is 10.6. The monoisotopic (exact) mass is 489 g/mol. The van der Waals surface area contributed by atoms with E-state index in [0.29, 0.717) is 26.3 Å². The number of ether oxygens (including phenoxy) is 2. The van der Waals surface area contributed by atoms with E-state index in [1.54, 1.807) is 5.01 Å². The molecule has 16 heteroatoms. The summed E-state index contributed by atoms with van der Waals surface area (Å²) in [7, 11) is 0. The number of hydrogen-bond acceptors (Lipinski definition) is 13. The molecule has 2 fully saturated rings. The smallest absolute Gasteiger partial charge is 0.341 e. The molecule has 34 heavy (non-hydrogen) atoms. The van der Waals surface area contributed by atoms with E-state index in [0.717, 1.165) is 6.92 Å². The van der Waals surface area contributed by atoms with Crippen molar-refractivity contribution in [3.8, 4) is 0 Å². The van der Waals surface area contributed by atoms with E-state index >= 15 is 0 Å². The summed E-state index contributed by atoms with van der Waals surface area (Å²) in [6, 6.07) is -1.40. The summed E-state index contributed by atoms with van der Waals surface area (Å²) in [5.74, 6) is -4.23. The van der Waals surface area contributed by atoms with Gasteiger partial charge in [0.05, 0.1) is 49.8 Å². The number of carboxylic acids is 1. The van der Waals surface area contributed by atoms with Gasteiger partial charge in [0.25, 0.3) is 6.20 Å². The zero-order chi connectivity index (χ0) is 25.0. The lowest BCUT2D eigenvalue weighted by Crippen LogP contribution is -2.70. The Kier molecular flexibility index (Phi) is 8.01. The summed E-state index contributed by atoms with van der Waals surface area (Å²) >= 11 is 0. The highest BCUT2D eigenvalue weighted by Gasteiger charge is 2.55. The number of rotatable bonds is 8. The number of amides is 1. The van der Waals surface area contributed by atoms with Gasteiger partial charge < -0.3 is 45.4 Å². The predicted octanol–water partition coefficient (Wildman–Crippen LogP) is -5.49. The molecule has 1 aromatic heterocycles. The van der Waals surface area contributed by atoms with E-state index in [1.165, 1.54) is 11.0 Å². The fourth-order valence-electron chi connectivity index (χ4n) is 3.74. The molecular weight excluding hydrogens is 462 g/mol. The first-order valence-corrected chi connectivity index (χ1v) is 10.4. The van der Waals surface area contributed by atoms with Gasteiger partial charge in [-0.3, -0.25) is 9.32 Å². The van der Waals surface area contributed by atoms with Crippen LogP contribution < -0.4 is 20.2 Å². The molecule has 0 spiro atoms. The van der Waals surface area contributed by atoms with Gasteiger partial charge in [0, 0.05) is 19.2 Å². The van der Waals surface area contributed by atoms with Crippen molar-refractivity contribution in [3.05, 3.63) is 6.20 Å². The van der Waals surface area contributed by atoms with Crippen molar-refractivity contribution in [2.45, 2.75) is 49.4 Å². The maximum Gasteiger partial charge on any atom is 0.341 e. The largest absolute Gasteiger partial charge is 0.859 e. The summed E-state index contributed by atoms with van der Waals surface area (Å²) in [4.78, 5) is 28.6. The number of aromatic nitrogens is 2. The molecule has 0 aliphatic carbocycles. The van der Waals surface area contributed by atoms with Crippen LogP contribution >= 0.6 is 0 Å². The van der Waals surface area contributed by atoms with E-state index in [4.69, 9.17) is 14.0 Å². The van der Waals surface area contributed by atoms with E-state index in [-0.39, 0.29) is 5.88 Å². The number of carbonyl (C=O) groups is 2. The number of nitrogens with zero attached hydrogens (tertiary/aromatic N) is 4. The van der Waals surface area contributed by atoms with E-state index < -0.39 is 66.9 Å². The van der Waals surface area contributed by atoms with Crippen molar-refractivity contribution < 1.29 is 59.0 Å². The number of aliphatic hydroxyl groups is 4. The number of morpholine rings is 1. The number of hydrogen-bond donors (Lipinski definition) is 6. The number of aliphatic hydroxyl groups excluding tert-OH is 4. The third kappa shape index (κ3) is 5.26. The molecule has 16 nitrogen and oxygen atoms in total. The second-order valence-electron chi connectivity index (χ2n) is 7.90. The Balaban J connectivity index is 1.93. The van der Waals surface area contributed by atoms with Crippen LogP contribution in [0.15, 0.2) is 15.7 Å². The second-order valence-corrected chi connectivity index (χ2v) is 7.90. The third-order valence-corrected chi connectivity index (χ3v) is 5.51. The van der Waals surface area contributed by atoms with Gasteiger partial charge >= 0.3 is 11.9 Å². The molecule has 6 N–H and O–H groups in total. The lowest BCUT2D eigenvalue weighted by atomic mass is 9.83. The normalized spacial score (nSPS) is 30.0. The molecule has 0 bridgehead atoms. The number of aliphatic carboxylic acids is 1. The van der Waals surface area contributed by atoms with E-state index in [2.05, 4.69) is 15.6 Å². The van der Waals surface area contributed by atoms with Crippen LogP contribution in [-0.4, -0.2) is 118 Å². The van der Waals surface area contributed by atoms with Crippen molar-refractivity contribution in [1.82, 2.24) is 10.6 Å². The van der Waals surface area contributed by atoms with Crippen molar-refractivity contribution >= 4 is 23.7 Å². The maximum atomic E-state index is 13.0. The number of carbonyl (C=O) groups excluding carboxylic acids is 1. The molecular formula is C18H27N5O11. The minimum absolute atomic E-state index is 0.355. The van der Waals surface area contributed by atoms with E-state index in [9.17, 15) is 40.2 Å². The van der Waals surface area contributed by atoms with Crippen LogP contribution in [0.1, 0.15) is 13.3 Å². The SMILES string of the molecule is CC(=O)N[C@H]1[C@H]([C@@H](O)[C@H](O)CO)O[C@@](C(=O)O)(/C([O-])=N/c2c[n+](N3CCOCC3)no2)C[C@@H]1O. The van der Waals surface area contributed by atoms with Crippen LogP contribution in [-0.2, 0) is 19.1 Å². The van der Waals surface area contributed by atoms with Gasteiger partial charge in [-0.1, -0.05) is 0 Å². The molecule has 1 amide bonds. The molecule has 6 atom stereocenters. The van der Waals surface area contributed by atoms with E-state index in [1.807, 2.05) is 0 Å². The number of carboxylic acid groups (broad SMARTS) is 1. The summed E-state index contributed by atoms with van der Waals surface area (Å²) in [5.41, 5.74) is -2.80. The molecule has 0 unspecified atom stereocenters. The molecule has 0 saturated carbocycles. The Bertz CT molecular complexity index is 905. The standard InChI is InChI=1S/C18H27N5O11/c1-9(25)19-13-10(26)6-18(17(30)31,33-15(13)14(28)11(27)8-24)16(29)20-12-7-23(21-34-12)22-2-4-32-5-3-22/h7,10-11,13-15,24,26-28H,2-6,8H2,1H3,(H2-,19,20,21,25,29,30,31)/t10-,11+,13+,14-,15+,18+/m0/s1. The predicted molar refractivity (Wildman–Crippen MR) is 105 cm³/mol. The minimum atomic E-state index is -2.80. The third-order valence-electron chi connectivity index (χ3n) is 5.51. The Morgan fingerprint density at radius 2 is 2.09 bits per heavy atom. The minimum Gasteiger partial charge on any atom is -0.859 e. The Hall–Kier alpha value is -2.89. The van der Waals surface area contributed by atoms with Gasteiger partial charge in [0.1, 0.15) is 18.3 Å². The zero-order valence-corrected chi connectivity index (χ0v) is 18.2. The van der Waals surface area contributed by atoms with Crippen molar-refractivity contribution in [3.63, 3.8) is 0 Å². The van der Waals surface area contributed by atoms with Crippen LogP contribution in [0.4, 0.5) is 5.88 Å². The number of nitrogens with one attached hydrogen (secondary N) is 1. The van der Waals surface area contributed by atoms with Gasteiger partial charge in [-0.2, -0.15) is 0 Å². The highest BCUT2D eigenvalue weighted by atomic mass is 16.6. The maximum absolute atomic E-state index is 13.0. The number of aliphatic imine (C=N–C) groups is 1. The Labute approximate surface area is 192 Å². The van der Waals surface area contributed by atoms with Gasteiger partial charge in [-0.15, -0.1) is 5.01 Å². The molecule has 2 aliphatic rings. The van der Waals surface area contributed by atoms with Crippen molar-refractivity contribution in [1.29, 1.82) is 0 Å². The molecule has 0 radical (unpaired) electrons. The van der Waals surface area contributed by atoms with Gasteiger partial charge in [-0.05, 0) is 0 Å². The molecule has 190 valence electrons. The molecule has 3 heterocycles.